The van der Waals surface area contributed by atoms with Crippen LogP contribution in [-0.4, -0.2) is 7.05 Å². The molecule has 0 spiro atoms. The van der Waals surface area contributed by atoms with Crippen LogP contribution >= 0.6 is 31.9 Å². The molecule has 96 valence electrons. The molecular weight excluding hydrogens is 342 g/mol. The maximum Gasteiger partial charge on any atom is 0.0329 e. The molecule has 17 heavy (non-hydrogen) atoms. The predicted molar refractivity (Wildman–Crippen MR) is 82.3 cm³/mol. The van der Waals surface area contributed by atoms with E-state index in [-0.39, 0.29) is 0 Å². The van der Waals surface area contributed by atoms with Gasteiger partial charge in [-0.1, -0.05) is 52.6 Å². The second kappa shape index (κ2) is 6.35. The number of benzene rings is 1. The number of rotatable bonds is 4. The van der Waals surface area contributed by atoms with E-state index in [1.54, 1.807) is 0 Å². The molecule has 1 N–H and O–H groups in total. The first-order valence-electron chi connectivity index (χ1n) is 5.96. The maximum absolute atomic E-state index is 3.63. The lowest BCUT2D eigenvalue weighted by atomic mass is 9.87. The topological polar surface area (TPSA) is 12.0 Å². The van der Waals surface area contributed by atoms with Crippen molar-refractivity contribution in [3.05, 3.63) is 32.7 Å². The van der Waals surface area contributed by atoms with Crippen LogP contribution < -0.4 is 5.32 Å². The van der Waals surface area contributed by atoms with Crippen LogP contribution in [0.3, 0.4) is 0 Å². The fourth-order valence-electron chi connectivity index (χ4n) is 1.81. The molecule has 0 saturated carbocycles. The molecule has 3 heteroatoms. The van der Waals surface area contributed by atoms with Crippen molar-refractivity contribution >= 4 is 31.9 Å². The summed E-state index contributed by atoms with van der Waals surface area (Å²) in [6.07, 6.45) is 2.35. The zero-order chi connectivity index (χ0) is 13.1. The highest BCUT2D eigenvalue weighted by Crippen LogP contribution is 2.32. The highest BCUT2D eigenvalue weighted by Gasteiger charge is 2.17. The molecule has 0 saturated heterocycles. The highest BCUT2D eigenvalue weighted by molar-refractivity contribution is 9.11. The zero-order valence-electron chi connectivity index (χ0n) is 11.0. The Morgan fingerprint density at radius 1 is 1.24 bits per heavy atom. The van der Waals surface area contributed by atoms with Crippen molar-refractivity contribution in [1.82, 2.24) is 5.32 Å². The van der Waals surface area contributed by atoms with Gasteiger partial charge >= 0.3 is 0 Å². The smallest absolute Gasteiger partial charge is 0.0329 e. The van der Waals surface area contributed by atoms with Gasteiger partial charge in [0.25, 0.3) is 0 Å². The average Bonchev–Trinajstić information content (AvgIpc) is 2.22. The van der Waals surface area contributed by atoms with Crippen LogP contribution in [0.15, 0.2) is 27.1 Å². The summed E-state index contributed by atoms with van der Waals surface area (Å²) in [5.41, 5.74) is 1.71. The highest BCUT2D eigenvalue weighted by atomic mass is 79.9. The van der Waals surface area contributed by atoms with E-state index in [1.807, 2.05) is 7.05 Å². The van der Waals surface area contributed by atoms with E-state index in [9.17, 15) is 0 Å². The summed E-state index contributed by atoms with van der Waals surface area (Å²) in [4.78, 5) is 0. The third kappa shape index (κ3) is 5.11. The Hall–Kier alpha value is 0.140. The molecule has 0 aromatic heterocycles. The summed E-state index contributed by atoms with van der Waals surface area (Å²) < 4.78 is 2.31. The number of nitrogens with one attached hydrogen (secondary N) is 1. The van der Waals surface area contributed by atoms with Gasteiger partial charge in [-0.3, -0.25) is 0 Å². The summed E-state index contributed by atoms with van der Waals surface area (Å²) in [5, 5.41) is 3.41. The minimum absolute atomic E-state index is 0.383. The number of hydrogen-bond acceptors (Lipinski definition) is 1. The van der Waals surface area contributed by atoms with Crippen LogP contribution in [0.5, 0.6) is 0 Å². The van der Waals surface area contributed by atoms with Gasteiger partial charge in [0.1, 0.15) is 0 Å². The summed E-state index contributed by atoms with van der Waals surface area (Å²) in [6.45, 7) is 6.86. The molecule has 1 atom stereocenters. The van der Waals surface area contributed by atoms with Gasteiger partial charge < -0.3 is 5.32 Å². The molecule has 0 fully saturated rings. The molecule has 1 aromatic carbocycles. The lowest BCUT2D eigenvalue weighted by Crippen LogP contribution is -2.19. The van der Waals surface area contributed by atoms with Crippen LogP contribution in [0.4, 0.5) is 0 Å². The number of hydrogen-bond donors (Lipinski definition) is 1. The van der Waals surface area contributed by atoms with Gasteiger partial charge in [0.15, 0.2) is 0 Å². The molecule has 1 rings (SSSR count). The van der Waals surface area contributed by atoms with E-state index in [0.717, 1.165) is 10.9 Å². The summed E-state index contributed by atoms with van der Waals surface area (Å²) in [5.74, 6) is 0. The molecule has 1 unspecified atom stereocenters. The monoisotopic (exact) mass is 361 g/mol. The van der Waals surface area contributed by atoms with Crippen molar-refractivity contribution in [2.24, 2.45) is 5.41 Å². The van der Waals surface area contributed by atoms with Gasteiger partial charge in [0, 0.05) is 15.0 Å². The average molecular weight is 363 g/mol. The van der Waals surface area contributed by atoms with Gasteiger partial charge in [-0.25, -0.2) is 0 Å². The van der Waals surface area contributed by atoms with E-state index in [1.165, 1.54) is 16.5 Å². The summed E-state index contributed by atoms with van der Waals surface area (Å²) in [7, 11) is 2.03. The van der Waals surface area contributed by atoms with Gasteiger partial charge in [0.2, 0.25) is 0 Å². The second-order valence-electron chi connectivity index (χ2n) is 5.61. The minimum atomic E-state index is 0.383. The minimum Gasteiger partial charge on any atom is -0.313 e. The largest absolute Gasteiger partial charge is 0.313 e. The summed E-state index contributed by atoms with van der Waals surface area (Å²) >= 11 is 7.17. The van der Waals surface area contributed by atoms with E-state index in [2.05, 4.69) is 76.1 Å². The van der Waals surface area contributed by atoms with Crippen LogP contribution in [0.25, 0.3) is 0 Å². The van der Waals surface area contributed by atoms with Crippen molar-refractivity contribution < 1.29 is 0 Å². The normalized spacial score (nSPS) is 13.8. The fraction of sp³-hybridized carbons (Fsp3) is 0.571. The van der Waals surface area contributed by atoms with Crippen LogP contribution in [0.2, 0.25) is 0 Å². The zero-order valence-corrected chi connectivity index (χ0v) is 14.2. The number of halogens is 2. The van der Waals surface area contributed by atoms with Crippen molar-refractivity contribution in [3.8, 4) is 0 Å². The van der Waals surface area contributed by atoms with Gasteiger partial charge in [-0.05, 0) is 49.1 Å². The van der Waals surface area contributed by atoms with E-state index >= 15 is 0 Å². The molecule has 1 nitrogen and oxygen atoms in total. The molecule has 0 radical (unpaired) electrons. The van der Waals surface area contributed by atoms with Crippen molar-refractivity contribution in [2.75, 3.05) is 7.05 Å². The Morgan fingerprint density at radius 2 is 1.88 bits per heavy atom. The van der Waals surface area contributed by atoms with Gasteiger partial charge in [0.05, 0.1) is 0 Å². The van der Waals surface area contributed by atoms with Crippen LogP contribution in [-0.2, 0) is 0 Å². The predicted octanol–water partition coefficient (Wildman–Crippen LogP) is 5.30. The van der Waals surface area contributed by atoms with E-state index in [4.69, 9.17) is 0 Å². The van der Waals surface area contributed by atoms with Crippen LogP contribution in [0.1, 0.15) is 45.2 Å². The summed E-state index contributed by atoms with van der Waals surface area (Å²) in [6, 6.07) is 6.75. The Balaban J connectivity index is 2.82. The first-order chi connectivity index (χ1) is 7.83. The van der Waals surface area contributed by atoms with Gasteiger partial charge in [-0.15, -0.1) is 0 Å². The van der Waals surface area contributed by atoms with E-state index in [0.29, 0.717) is 11.5 Å². The third-order valence-electron chi connectivity index (χ3n) is 2.86. The first-order valence-corrected chi connectivity index (χ1v) is 7.54. The second-order valence-corrected chi connectivity index (χ2v) is 7.38. The standard InChI is InChI=1S/C14H21Br2N/c1-14(2,3)8-7-13(17-4)11-9-10(15)5-6-12(11)16/h5-6,9,13,17H,7-8H2,1-4H3. The van der Waals surface area contributed by atoms with Crippen molar-refractivity contribution in [1.29, 1.82) is 0 Å². The molecule has 0 aliphatic carbocycles. The molecular formula is C14H21Br2N. The Bertz CT molecular complexity index is 369. The lowest BCUT2D eigenvalue weighted by Gasteiger charge is -2.24. The molecule has 0 aliphatic rings. The molecule has 0 heterocycles. The van der Waals surface area contributed by atoms with E-state index < -0.39 is 0 Å². The maximum atomic E-state index is 3.63. The fourth-order valence-corrected chi connectivity index (χ4v) is 2.72. The molecule has 1 aromatic rings. The Labute approximate surface area is 122 Å². The quantitative estimate of drug-likeness (QED) is 0.766. The molecule has 0 bridgehead atoms. The van der Waals surface area contributed by atoms with Crippen molar-refractivity contribution in [2.45, 2.75) is 39.7 Å². The first kappa shape index (κ1) is 15.2. The SMILES string of the molecule is CNC(CCC(C)(C)C)c1cc(Br)ccc1Br. The third-order valence-corrected chi connectivity index (χ3v) is 4.08. The Kier molecular flexibility index (Phi) is 5.68. The Morgan fingerprint density at radius 3 is 2.41 bits per heavy atom. The van der Waals surface area contributed by atoms with Crippen molar-refractivity contribution in [3.63, 3.8) is 0 Å². The lowest BCUT2D eigenvalue weighted by molar-refractivity contribution is 0.337. The van der Waals surface area contributed by atoms with Crippen LogP contribution in [0, 0.1) is 5.41 Å². The molecule has 0 amide bonds. The molecule has 0 aliphatic heterocycles. The van der Waals surface area contributed by atoms with Gasteiger partial charge in [-0.2, -0.15) is 0 Å².